The summed E-state index contributed by atoms with van der Waals surface area (Å²) in [5.74, 6) is 3.62. The van der Waals surface area contributed by atoms with Crippen LogP contribution in [0.25, 0.3) is 11.1 Å². The van der Waals surface area contributed by atoms with Crippen molar-refractivity contribution in [2.75, 3.05) is 6.67 Å². The zero-order valence-electron chi connectivity index (χ0n) is 20.5. The van der Waals surface area contributed by atoms with Crippen LogP contribution in [-0.4, -0.2) is 6.67 Å². The number of alkyl halides is 1. The summed E-state index contributed by atoms with van der Waals surface area (Å²) < 4.78 is 27.3. The molecule has 2 saturated carbocycles. The largest absolute Gasteiger partial charge is 0.251 e. The summed E-state index contributed by atoms with van der Waals surface area (Å²) in [6.45, 7) is 1.98. The molecule has 0 amide bonds. The van der Waals surface area contributed by atoms with Gasteiger partial charge in [0.15, 0.2) is 0 Å². The molecule has 0 aromatic heterocycles. The number of aryl methyl sites for hydroxylation is 2. The molecule has 2 aromatic carbocycles. The molecule has 0 nitrogen and oxygen atoms in total. The molecule has 0 radical (unpaired) electrons. The third-order valence-corrected chi connectivity index (χ3v) is 8.69. The van der Waals surface area contributed by atoms with Crippen molar-refractivity contribution in [3.05, 3.63) is 59.4 Å². The first kappa shape index (κ1) is 24.4. The number of hydrogen-bond acceptors (Lipinski definition) is 0. The van der Waals surface area contributed by atoms with Gasteiger partial charge in [-0.25, -0.2) is 4.39 Å². The van der Waals surface area contributed by atoms with Gasteiger partial charge in [0.1, 0.15) is 5.82 Å². The highest BCUT2D eigenvalue weighted by molar-refractivity contribution is 5.64. The molecule has 0 heterocycles. The molecule has 0 atom stereocenters. The molecule has 4 rings (SSSR count). The molecule has 180 valence electrons. The fourth-order valence-electron chi connectivity index (χ4n) is 6.57. The maximum absolute atomic E-state index is 14.8. The minimum atomic E-state index is -0.343. The van der Waals surface area contributed by atoms with Crippen molar-refractivity contribution in [3.63, 3.8) is 0 Å². The van der Waals surface area contributed by atoms with Crippen molar-refractivity contribution in [2.45, 2.75) is 90.4 Å². The third-order valence-electron chi connectivity index (χ3n) is 8.69. The number of rotatable bonds is 9. The standard InChI is InChI=1S/C31H42F2/c1-2-3-23-4-11-26(12-5-23)27-13-6-24(7-14-27)10-17-29-18-19-30(22-31(29)33)28-15-8-25(9-16-28)20-21-32/h8-9,15-16,18-19,22-24,26-27H,2-7,10-14,17,20-21H2,1H3/t23-,24-,26-,27-. The molecule has 33 heavy (non-hydrogen) atoms. The Kier molecular flexibility index (Phi) is 8.98. The fraction of sp³-hybridized carbons (Fsp3) is 0.613. The molecule has 2 aliphatic rings. The minimum Gasteiger partial charge on any atom is -0.251 e. The Balaban J connectivity index is 1.23. The highest BCUT2D eigenvalue weighted by Crippen LogP contribution is 2.43. The van der Waals surface area contributed by atoms with Gasteiger partial charge in [-0.2, -0.15) is 0 Å². The normalized spacial score (nSPS) is 25.8. The molecule has 0 aliphatic heterocycles. The fourth-order valence-corrected chi connectivity index (χ4v) is 6.57. The average Bonchev–Trinajstić information content (AvgIpc) is 2.85. The van der Waals surface area contributed by atoms with Crippen LogP contribution < -0.4 is 0 Å². The van der Waals surface area contributed by atoms with Gasteiger partial charge in [0, 0.05) is 6.42 Å². The summed E-state index contributed by atoms with van der Waals surface area (Å²) in [5, 5.41) is 0. The molecule has 0 bridgehead atoms. The molecular formula is C31H42F2. The van der Waals surface area contributed by atoms with Gasteiger partial charge in [-0.1, -0.05) is 81.8 Å². The third kappa shape index (κ3) is 6.67. The Hall–Kier alpha value is -1.70. The molecule has 2 heteroatoms. The summed E-state index contributed by atoms with van der Waals surface area (Å²) in [5.41, 5.74) is 3.73. The Morgan fingerprint density at radius 2 is 1.27 bits per heavy atom. The van der Waals surface area contributed by atoms with Gasteiger partial charge in [-0.15, -0.1) is 0 Å². The Labute approximate surface area is 200 Å². The smallest absolute Gasteiger partial charge is 0.127 e. The lowest BCUT2D eigenvalue weighted by Crippen LogP contribution is -2.26. The molecule has 0 saturated heterocycles. The minimum absolute atomic E-state index is 0.0853. The Morgan fingerprint density at radius 1 is 0.697 bits per heavy atom. The van der Waals surface area contributed by atoms with Crippen LogP contribution in [0, 0.1) is 29.5 Å². The van der Waals surface area contributed by atoms with Crippen LogP contribution >= 0.6 is 0 Å². The van der Waals surface area contributed by atoms with Gasteiger partial charge >= 0.3 is 0 Å². The second-order valence-electron chi connectivity index (χ2n) is 10.8. The van der Waals surface area contributed by atoms with E-state index in [1.807, 2.05) is 36.4 Å². The molecule has 0 unspecified atom stereocenters. The molecule has 2 aromatic rings. The highest BCUT2D eigenvalue weighted by Gasteiger charge is 2.30. The van der Waals surface area contributed by atoms with Crippen LogP contribution in [0.3, 0.4) is 0 Å². The first-order valence-corrected chi connectivity index (χ1v) is 13.6. The van der Waals surface area contributed by atoms with Gasteiger partial charge in [0.2, 0.25) is 0 Å². The summed E-state index contributed by atoms with van der Waals surface area (Å²) in [6.07, 6.45) is 16.5. The van der Waals surface area contributed by atoms with E-state index in [-0.39, 0.29) is 12.5 Å². The van der Waals surface area contributed by atoms with Crippen molar-refractivity contribution in [2.24, 2.45) is 23.7 Å². The van der Waals surface area contributed by atoms with Gasteiger partial charge in [-0.3, -0.25) is 4.39 Å². The number of hydrogen-bond donors (Lipinski definition) is 0. The Bertz CT molecular complexity index is 840. The second-order valence-corrected chi connectivity index (χ2v) is 10.8. The maximum atomic E-state index is 14.8. The van der Waals surface area contributed by atoms with Crippen molar-refractivity contribution in [1.82, 2.24) is 0 Å². The van der Waals surface area contributed by atoms with Crippen LogP contribution in [0.5, 0.6) is 0 Å². The first-order chi connectivity index (χ1) is 16.2. The van der Waals surface area contributed by atoms with Crippen molar-refractivity contribution in [3.8, 4) is 11.1 Å². The van der Waals surface area contributed by atoms with E-state index in [0.717, 1.165) is 58.8 Å². The van der Waals surface area contributed by atoms with Crippen LogP contribution in [0.2, 0.25) is 0 Å². The lowest BCUT2D eigenvalue weighted by Gasteiger charge is -2.38. The van der Waals surface area contributed by atoms with Crippen molar-refractivity contribution >= 4 is 0 Å². The van der Waals surface area contributed by atoms with Gasteiger partial charge in [0.05, 0.1) is 6.67 Å². The number of benzene rings is 2. The van der Waals surface area contributed by atoms with E-state index < -0.39 is 0 Å². The van der Waals surface area contributed by atoms with E-state index in [0.29, 0.717) is 6.42 Å². The summed E-state index contributed by atoms with van der Waals surface area (Å²) in [4.78, 5) is 0. The quantitative estimate of drug-likeness (QED) is 0.355. The van der Waals surface area contributed by atoms with E-state index in [4.69, 9.17) is 0 Å². The monoisotopic (exact) mass is 452 g/mol. The van der Waals surface area contributed by atoms with E-state index >= 15 is 0 Å². The van der Waals surface area contributed by atoms with Gasteiger partial charge in [-0.05, 0) is 90.5 Å². The van der Waals surface area contributed by atoms with E-state index in [2.05, 4.69) is 6.92 Å². The molecule has 0 N–H and O–H groups in total. The highest BCUT2D eigenvalue weighted by atomic mass is 19.1. The van der Waals surface area contributed by atoms with Gasteiger partial charge < -0.3 is 0 Å². The topological polar surface area (TPSA) is 0 Å². The predicted molar refractivity (Wildman–Crippen MR) is 136 cm³/mol. The second kappa shape index (κ2) is 12.1. The molecule has 2 fully saturated rings. The average molecular weight is 453 g/mol. The van der Waals surface area contributed by atoms with Crippen molar-refractivity contribution < 1.29 is 8.78 Å². The first-order valence-electron chi connectivity index (χ1n) is 13.6. The predicted octanol–water partition coefficient (Wildman–Crippen LogP) is 9.35. The van der Waals surface area contributed by atoms with E-state index in [1.165, 1.54) is 64.2 Å². The summed E-state index contributed by atoms with van der Waals surface area (Å²) >= 11 is 0. The lowest BCUT2D eigenvalue weighted by molar-refractivity contribution is 0.141. The zero-order chi connectivity index (χ0) is 23.0. The van der Waals surface area contributed by atoms with Crippen LogP contribution in [0.4, 0.5) is 8.78 Å². The summed E-state index contributed by atoms with van der Waals surface area (Å²) in [7, 11) is 0. The van der Waals surface area contributed by atoms with Crippen LogP contribution in [-0.2, 0) is 12.8 Å². The zero-order valence-corrected chi connectivity index (χ0v) is 20.5. The molecule has 0 spiro atoms. The summed E-state index contributed by atoms with van der Waals surface area (Å²) in [6, 6.07) is 13.5. The number of halogens is 2. The van der Waals surface area contributed by atoms with Crippen LogP contribution in [0.15, 0.2) is 42.5 Å². The van der Waals surface area contributed by atoms with E-state index in [9.17, 15) is 8.78 Å². The molecular weight excluding hydrogens is 410 g/mol. The van der Waals surface area contributed by atoms with E-state index in [1.54, 1.807) is 6.07 Å². The Morgan fingerprint density at radius 3 is 1.82 bits per heavy atom. The SMILES string of the molecule is CCC[C@H]1CC[C@H]([C@H]2CC[C@H](CCc3ccc(-c4ccc(CCF)cc4)cc3F)CC2)CC1. The maximum Gasteiger partial charge on any atom is 0.127 e. The molecule has 2 aliphatic carbocycles. The van der Waals surface area contributed by atoms with Crippen LogP contribution in [0.1, 0.15) is 88.7 Å². The van der Waals surface area contributed by atoms with Gasteiger partial charge in [0.25, 0.3) is 0 Å². The lowest BCUT2D eigenvalue weighted by atomic mass is 9.68. The van der Waals surface area contributed by atoms with Crippen molar-refractivity contribution in [1.29, 1.82) is 0 Å².